The third-order valence-electron chi connectivity index (χ3n) is 12.8. The molecule has 8 rings (SSSR count). The summed E-state index contributed by atoms with van der Waals surface area (Å²) < 4.78 is 33.2. The topological polar surface area (TPSA) is 108 Å². The number of carbonyl (C=O) groups is 1. The van der Waals surface area contributed by atoms with Crippen LogP contribution < -0.4 is 0 Å². The van der Waals surface area contributed by atoms with Crippen LogP contribution in [0.25, 0.3) is 0 Å². The Morgan fingerprint density at radius 3 is 2.51 bits per heavy atom. The fourth-order valence-corrected chi connectivity index (χ4v) is 12.1. The molecular weight excluding hydrogens is 583 g/mol. The molecule has 2 N–H and O–H groups in total. The highest BCUT2D eigenvalue weighted by Crippen LogP contribution is 2.78. The number of fused-ring (bicyclic) bond motifs is 1. The molecule has 3 fully saturated rings. The number of thiophene rings is 1. The molecule has 0 saturated heterocycles. The van der Waals surface area contributed by atoms with Crippen molar-refractivity contribution in [2.45, 2.75) is 76.9 Å². The molecule has 9 heteroatoms. The molecular formula is C34H43NO6S2. The first-order chi connectivity index (χ1) is 20.3. The van der Waals surface area contributed by atoms with Crippen molar-refractivity contribution in [2.24, 2.45) is 33.5 Å². The van der Waals surface area contributed by atoms with Crippen molar-refractivity contribution in [3.05, 3.63) is 70.3 Å². The van der Waals surface area contributed by atoms with Gasteiger partial charge in [-0.15, -0.1) is 11.3 Å². The van der Waals surface area contributed by atoms with Gasteiger partial charge in [-0.2, -0.15) is 4.31 Å². The standard InChI is InChI=1S/C34H43NO6S2/c1-30-12-8-23(36)20-32(30)15-16-34(25(21-32)29(37)26-7-4-18-41-26)27(30)9-13-31(2)28(34)10-14-33(31,38)22-35(43(3,39)40)17-11-24-6-5-19-42-24/h4-7,15-16,18-19,21,23,27-28,36,38H,8-14,17,20,22H2,1-3H3/t23?,27-,28-,30-,31+,32+,33-,34-/m1/s1. The average Bonchev–Trinajstić information content (AvgIpc) is 3.72. The molecule has 0 radical (unpaired) electrons. The van der Waals surface area contributed by atoms with Crippen molar-refractivity contribution >= 4 is 27.1 Å². The molecule has 2 spiro atoms. The molecule has 3 saturated carbocycles. The fraction of sp³-hybridized carbons (Fsp3) is 0.618. The van der Waals surface area contributed by atoms with Crippen LogP contribution in [0.4, 0.5) is 0 Å². The minimum Gasteiger partial charge on any atom is -0.461 e. The van der Waals surface area contributed by atoms with Gasteiger partial charge in [0.05, 0.1) is 24.2 Å². The minimum absolute atomic E-state index is 0.0489. The maximum Gasteiger partial charge on any atom is 0.224 e. The van der Waals surface area contributed by atoms with Gasteiger partial charge >= 0.3 is 0 Å². The lowest BCUT2D eigenvalue weighted by atomic mass is 9.32. The first-order valence-corrected chi connectivity index (χ1v) is 18.4. The van der Waals surface area contributed by atoms with E-state index in [0.717, 1.165) is 36.1 Å². The maximum absolute atomic E-state index is 14.3. The molecule has 43 heavy (non-hydrogen) atoms. The number of Topliss-reactive ketones (excluding diaryl/α,β-unsaturated/α-hetero) is 1. The Morgan fingerprint density at radius 2 is 1.81 bits per heavy atom. The molecule has 2 aromatic rings. The summed E-state index contributed by atoms with van der Waals surface area (Å²) in [4.78, 5) is 15.4. The van der Waals surface area contributed by atoms with E-state index in [2.05, 4.69) is 32.1 Å². The highest BCUT2D eigenvalue weighted by molar-refractivity contribution is 7.88. The van der Waals surface area contributed by atoms with Gasteiger partial charge < -0.3 is 14.6 Å². The smallest absolute Gasteiger partial charge is 0.224 e. The SMILES string of the molecule is C[C@]12CC[C@H]3[C@]4(C=C[C@@]5(C=C4C(=O)c4ccco4)CC(O)CC[C@]35C)[C@@H]1CC[C@@]2(O)CN(CCc1cccs1)S(C)(=O)=O. The molecule has 6 aliphatic rings. The lowest BCUT2D eigenvalue weighted by Crippen LogP contribution is -2.67. The second-order valence-electron chi connectivity index (χ2n) is 14.5. The summed E-state index contributed by atoms with van der Waals surface area (Å²) in [7, 11) is -3.57. The first-order valence-electron chi connectivity index (χ1n) is 15.7. The largest absolute Gasteiger partial charge is 0.461 e. The molecule has 2 aromatic heterocycles. The molecule has 2 bridgehead atoms. The lowest BCUT2D eigenvalue weighted by molar-refractivity contribution is -0.173. The van der Waals surface area contributed by atoms with E-state index < -0.39 is 38.0 Å². The van der Waals surface area contributed by atoms with Gasteiger partial charge in [0.1, 0.15) is 0 Å². The highest BCUT2D eigenvalue weighted by atomic mass is 32.2. The second-order valence-corrected chi connectivity index (χ2v) is 17.6. The summed E-state index contributed by atoms with van der Waals surface area (Å²) in [5.74, 6) is 0.314. The molecule has 7 nitrogen and oxygen atoms in total. The van der Waals surface area contributed by atoms with E-state index in [4.69, 9.17) is 4.42 Å². The van der Waals surface area contributed by atoms with E-state index in [-0.39, 0.29) is 29.6 Å². The Bertz CT molecular complexity index is 1580. The van der Waals surface area contributed by atoms with Gasteiger partial charge in [-0.25, -0.2) is 8.42 Å². The summed E-state index contributed by atoms with van der Waals surface area (Å²) >= 11 is 1.61. The Morgan fingerprint density at radius 1 is 1.07 bits per heavy atom. The second kappa shape index (κ2) is 9.73. The van der Waals surface area contributed by atoms with Crippen LogP contribution in [0.3, 0.4) is 0 Å². The number of hydrogen-bond donors (Lipinski definition) is 2. The van der Waals surface area contributed by atoms with E-state index in [0.29, 0.717) is 38.0 Å². The van der Waals surface area contributed by atoms with Gasteiger partial charge in [0, 0.05) is 39.8 Å². The Kier molecular flexibility index (Phi) is 6.71. The van der Waals surface area contributed by atoms with Crippen LogP contribution in [0.5, 0.6) is 0 Å². The number of aliphatic hydroxyl groups is 2. The minimum atomic E-state index is -3.57. The first kappa shape index (κ1) is 29.7. The van der Waals surface area contributed by atoms with Crippen LogP contribution in [0.2, 0.25) is 0 Å². The van der Waals surface area contributed by atoms with E-state index in [1.165, 1.54) is 16.8 Å². The van der Waals surface area contributed by atoms with Crippen molar-refractivity contribution in [1.82, 2.24) is 4.31 Å². The van der Waals surface area contributed by atoms with E-state index in [1.807, 2.05) is 17.5 Å². The fourth-order valence-electron chi connectivity index (χ4n) is 10.5. The van der Waals surface area contributed by atoms with Gasteiger partial charge in [-0.1, -0.05) is 38.1 Å². The van der Waals surface area contributed by atoms with Crippen LogP contribution >= 0.6 is 11.3 Å². The zero-order valence-corrected chi connectivity index (χ0v) is 26.9. The number of ketones is 1. The van der Waals surface area contributed by atoms with E-state index in [1.54, 1.807) is 23.5 Å². The number of carbonyl (C=O) groups excluding carboxylic acids is 1. The molecule has 0 aromatic carbocycles. The number of aliphatic hydroxyl groups excluding tert-OH is 1. The predicted molar refractivity (Wildman–Crippen MR) is 166 cm³/mol. The monoisotopic (exact) mass is 625 g/mol. The van der Waals surface area contributed by atoms with Gasteiger partial charge in [-0.3, -0.25) is 4.79 Å². The van der Waals surface area contributed by atoms with Crippen molar-refractivity contribution < 1.29 is 27.8 Å². The van der Waals surface area contributed by atoms with Crippen LogP contribution in [-0.2, 0) is 16.4 Å². The van der Waals surface area contributed by atoms with Crippen molar-refractivity contribution in [3.8, 4) is 0 Å². The Labute approximate surface area is 258 Å². The summed E-state index contributed by atoms with van der Waals surface area (Å²) in [6.07, 6.45) is 14.6. The van der Waals surface area contributed by atoms with Gasteiger partial charge in [0.2, 0.25) is 15.8 Å². The Hall–Kier alpha value is -2.04. The van der Waals surface area contributed by atoms with Crippen LogP contribution in [0.1, 0.15) is 74.2 Å². The number of rotatable bonds is 8. The third kappa shape index (κ3) is 4.07. The number of furan rings is 1. The maximum atomic E-state index is 14.3. The van der Waals surface area contributed by atoms with E-state index >= 15 is 0 Å². The van der Waals surface area contributed by atoms with Gasteiger partial charge in [0.15, 0.2) is 5.76 Å². The van der Waals surface area contributed by atoms with Gasteiger partial charge in [0.25, 0.3) is 0 Å². The molecule has 0 aliphatic heterocycles. The number of hydrogen-bond acceptors (Lipinski definition) is 7. The van der Waals surface area contributed by atoms with Crippen molar-refractivity contribution in [3.63, 3.8) is 0 Å². The summed E-state index contributed by atoms with van der Waals surface area (Å²) in [6, 6.07) is 7.44. The summed E-state index contributed by atoms with van der Waals surface area (Å²) in [5, 5.41) is 25.4. The van der Waals surface area contributed by atoms with E-state index in [9.17, 15) is 23.4 Å². The zero-order chi connectivity index (χ0) is 30.5. The van der Waals surface area contributed by atoms with Crippen LogP contribution in [0, 0.1) is 33.5 Å². The number of sulfonamides is 1. The summed E-state index contributed by atoms with van der Waals surface area (Å²) in [5.41, 5.74) is -2.25. The lowest BCUT2D eigenvalue weighted by Gasteiger charge is -2.71. The Balaban J connectivity index is 1.30. The summed E-state index contributed by atoms with van der Waals surface area (Å²) in [6.45, 7) is 4.86. The highest BCUT2D eigenvalue weighted by Gasteiger charge is 2.74. The molecule has 2 heterocycles. The van der Waals surface area contributed by atoms with Crippen LogP contribution in [0.15, 0.2) is 64.1 Å². The average molecular weight is 626 g/mol. The zero-order valence-electron chi connectivity index (χ0n) is 25.3. The number of allylic oxidation sites excluding steroid dienone is 4. The quantitative estimate of drug-likeness (QED) is 0.291. The molecule has 8 atom stereocenters. The molecule has 232 valence electrons. The van der Waals surface area contributed by atoms with Crippen molar-refractivity contribution in [1.29, 1.82) is 0 Å². The van der Waals surface area contributed by atoms with Crippen molar-refractivity contribution in [2.75, 3.05) is 19.3 Å². The molecule has 1 unspecified atom stereocenters. The van der Waals surface area contributed by atoms with Crippen LogP contribution in [-0.4, -0.2) is 59.8 Å². The molecule has 6 aliphatic carbocycles. The third-order valence-corrected chi connectivity index (χ3v) is 15.0. The number of nitrogens with zero attached hydrogens (tertiary/aromatic N) is 1. The predicted octanol–water partition coefficient (Wildman–Crippen LogP) is 5.62. The molecule has 0 amide bonds. The normalized spacial score (nSPS) is 41.5. The van der Waals surface area contributed by atoms with Gasteiger partial charge in [-0.05, 0) is 92.2 Å².